The largest absolute Gasteiger partial charge is 0.357 e. The molecule has 2 N–H and O–H groups in total. The van der Waals surface area contributed by atoms with Gasteiger partial charge in [-0.1, -0.05) is 36.4 Å². The summed E-state index contributed by atoms with van der Waals surface area (Å²) in [7, 11) is 0. The van der Waals surface area contributed by atoms with Crippen LogP contribution in [0.15, 0.2) is 60.2 Å². The summed E-state index contributed by atoms with van der Waals surface area (Å²) >= 11 is 1.45. The van der Waals surface area contributed by atoms with Crippen LogP contribution in [0, 0.1) is 0 Å². The Labute approximate surface area is 175 Å². The number of hydrogen-bond acceptors (Lipinski definition) is 6. The van der Waals surface area contributed by atoms with Crippen LogP contribution in [0.2, 0.25) is 0 Å². The van der Waals surface area contributed by atoms with Crippen molar-refractivity contribution in [2.45, 2.75) is 32.0 Å². The third-order valence-corrected chi connectivity index (χ3v) is 5.88. The lowest BCUT2D eigenvalue weighted by atomic mass is 10.0. The summed E-state index contributed by atoms with van der Waals surface area (Å²) in [5, 5.41) is 8.95. The first-order chi connectivity index (χ1) is 14.3. The Morgan fingerprint density at radius 2 is 1.90 bits per heavy atom. The van der Waals surface area contributed by atoms with E-state index >= 15 is 0 Å². The van der Waals surface area contributed by atoms with Crippen LogP contribution in [0.3, 0.4) is 0 Å². The molecule has 1 fully saturated rings. The molecule has 0 radical (unpaired) electrons. The van der Waals surface area contributed by atoms with E-state index in [1.54, 1.807) is 6.20 Å². The number of likely N-dealkylation sites (tertiary alicyclic amines) is 1. The highest BCUT2D eigenvalue weighted by atomic mass is 32.1. The molecule has 0 unspecified atom stereocenters. The Morgan fingerprint density at radius 3 is 2.66 bits per heavy atom. The van der Waals surface area contributed by atoms with Crippen molar-refractivity contribution in [1.82, 2.24) is 20.2 Å². The van der Waals surface area contributed by atoms with E-state index in [2.05, 4.69) is 49.8 Å². The van der Waals surface area contributed by atoms with Gasteiger partial charge < -0.3 is 10.6 Å². The number of carbonyl (C=O) groups is 1. The molecule has 0 aliphatic carbocycles. The Kier molecular flexibility index (Phi) is 6.49. The lowest BCUT2D eigenvalue weighted by Crippen LogP contribution is -2.44. The zero-order chi connectivity index (χ0) is 19.9. The minimum atomic E-state index is -0.0859. The number of rotatable bonds is 7. The van der Waals surface area contributed by atoms with Crippen molar-refractivity contribution in [1.29, 1.82) is 0 Å². The SMILES string of the molecule is O=C(NC1CCN(Cc2ccccc2)CC1)c1csc(NCc2cccnc2)n1. The van der Waals surface area contributed by atoms with Crippen LogP contribution in [-0.4, -0.2) is 39.9 Å². The lowest BCUT2D eigenvalue weighted by Gasteiger charge is -2.32. The normalized spacial score (nSPS) is 15.2. The van der Waals surface area contributed by atoms with Gasteiger partial charge in [0.15, 0.2) is 5.13 Å². The summed E-state index contributed by atoms with van der Waals surface area (Å²) in [5.41, 5.74) is 2.90. The summed E-state index contributed by atoms with van der Waals surface area (Å²) in [4.78, 5) is 23.5. The highest BCUT2D eigenvalue weighted by Crippen LogP contribution is 2.18. The van der Waals surface area contributed by atoms with Gasteiger partial charge in [0.25, 0.3) is 5.91 Å². The second-order valence-electron chi connectivity index (χ2n) is 7.26. The van der Waals surface area contributed by atoms with Crippen LogP contribution in [0.1, 0.15) is 34.5 Å². The van der Waals surface area contributed by atoms with E-state index in [0.717, 1.165) is 43.2 Å². The van der Waals surface area contributed by atoms with Crippen LogP contribution in [0.4, 0.5) is 5.13 Å². The Bertz CT molecular complexity index is 907. The van der Waals surface area contributed by atoms with Gasteiger partial charge in [-0.15, -0.1) is 11.3 Å². The van der Waals surface area contributed by atoms with Crippen LogP contribution in [-0.2, 0) is 13.1 Å². The van der Waals surface area contributed by atoms with Gasteiger partial charge >= 0.3 is 0 Å². The van der Waals surface area contributed by atoms with Crippen LogP contribution in [0.5, 0.6) is 0 Å². The molecule has 7 heteroatoms. The molecule has 29 heavy (non-hydrogen) atoms. The van der Waals surface area contributed by atoms with Crippen molar-refractivity contribution in [3.63, 3.8) is 0 Å². The Hall–Kier alpha value is -2.77. The molecule has 1 aliphatic rings. The van der Waals surface area contributed by atoms with Crippen molar-refractivity contribution in [3.8, 4) is 0 Å². The van der Waals surface area contributed by atoms with Gasteiger partial charge in [-0.05, 0) is 30.0 Å². The highest BCUT2D eigenvalue weighted by molar-refractivity contribution is 7.13. The fourth-order valence-corrected chi connectivity index (χ4v) is 4.17. The molecule has 1 saturated heterocycles. The molecule has 0 bridgehead atoms. The molecular weight excluding hydrogens is 382 g/mol. The van der Waals surface area contributed by atoms with Gasteiger partial charge in [-0.3, -0.25) is 14.7 Å². The van der Waals surface area contributed by atoms with Gasteiger partial charge in [-0.2, -0.15) is 0 Å². The fraction of sp³-hybridized carbons (Fsp3) is 0.318. The van der Waals surface area contributed by atoms with Gasteiger partial charge in [0, 0.05) is 50.0 Å². The Morgan fingerprint density at radius 1 is 1.10 bits per heavy atom. The number of amides is 1. The van der Waals surface area contributed by atoms with Crippen LogP contribution >= 0.6 is 11.3 Å². The minimum absolute atomic E-state index is 0.0859. The summed E-state index contributed by atoms with van der Waals surface area (Å²) in [6, 6.07) is 14.7. The first kappa shape index (κ1) is 19.5. The quantitative estimate of drug-likeness (QED) is 0.627. The molecule has 3 heterocycles. The molecule has 150 valence electrons. The van der Waals surface area contributed by atoms with Gasteiger partial charge in [0.1, 0.15) is 5.69 Å². The molecule has 0 atom stereocenters. The smallest absolute Gasteiger partial charge is 0.271 e. The zero-order valence-corrected chi connectivity index (χ0v) is 17.1. The minimum Gasteiger partial charge on any atom is -0.357 e. The number of pyridine rings is 1. The lowest BCUT2D eigenvalue weighted by molar-refractivity contribution is 0.0904. The van der Waals surface area contributed by atoms with E-state index in [1.807, 2.05) is 29.8 Å². The van der Waals surface area contributed by atoms with E-state index in [-0.39, 0.29) is 11.9 Å². The number of anilines is 1. The molecule has 1 amide bonds. The zero-order valence-electron chi connectivity index (χ0n) is 16.3. The van der Waals surface area contributed by atoms with Crippen LogP contribution < -0.4 is 10.6 Å². The van der Waals surface area contributed by atoms with Crippen molar-refractivity contribution in [3.05, 3.63) is 77.1 Å². The summed E-state index contributed by atoms with van der Waals surface area (Å²) in [5.74, 6) is -0.0859. The van der Waals surface area contributed by atoms with E-state index in [1.165, 1.54) is 16.9 Å². The summed E-state index contributed by atoms with van der Waals surface area (Å²) in [6.07, 6.45) is 5.50. The van der Waals surface area contributed by atoms with Gasteiger partial charge in [-0.25, -0.2) is 4.98 Å². The average Bonchev–Trinajstić information content (AvgIpc) is 3.24. The first-order valence-corrected chi connectivity index (χ1v) is 10.8. The predicted molar refractivity (Wildman–Crippen MR) is 116 cm³/mol. The van der Waals surface area contributed by atoms with Gasteiger partial charge in [0.05, 0.1) is 0 Å². The van der Waals surface area contributed by atoms with Crippen molar-refractivity contribution < 1.29 is 4.79 Å². The van der Waals surface area contributed by atoms with E-state index < -0.39 is 0 Å². The van der Waals surface area contributed by atoms with Crippen molar-refractivity contribution in [2.75, 3.05) is 18.4 Å². The van der Waals surface area contributed by atoms with E-state index in [9.17, 15) is 4.79 Å². The number of piperidine rings is 1. The molecule has 2 aromatic heterocycles. The fourth-order valence-electron chi connectivity index (χ4n) is 3.48. The highest BCUT2D eigenvalue weighted by Gasteiger charge is 2.22. The molecule has 4 rings (SSSR count). The van der Waals surface area contributed by atoms with Gasteiger partial charge in [0.2, 0.25) is 0 Å². The number of carbonyl (C=O) groups excluding carboxylic acids is 1. The number of benzene rings is 1. The van der Waals surface area contributed by atoms with Crippen molar-refractivity contribution >= 4 is 22.4 Å². The molecule has 0 saturated carbocycles. The number of hydrogen-bond donors (Lipinski definition) is 2. The second kappa shape index (κ2) is 9.62. The monoisotopic (exact) mass is 407 g/mol. The first-order valence-electron chi connectivity index (χ1n) is 9.92. The number of nitrogens with one attached hydrogen (secondary N) is 2. The number of thiazole rings is 1. The second-order valence-corrected chi connectivity index (χ2v) is 8.12. The summed E-state index contributed by atoms with van der Waals surface area (Å²) in [6.45, 7) is 3.60. The van der Waals surface area contributed by atoms with E-state index in [0.29, 0.717) is 12.2 Å². The number of aromatic nitrogens is 2. The molecule has 1 aliphatic heterocycles. The van der Waals surface area contributed by atoms with Crippen LogP contribution in [0.25, 0.3) is 0 Å². The van der Waals surface area contributed by atoms with Crippen molar-refractivity contribution in [2.24, 2.45) is 0 Å². The topological polar surface area (TPSA) is 70.2 Å². The summed E-state index contributed by atoms with van der Waals surface area (Å²) < 4.78 is 0. The standard InChI is InChI=1S/C22H25N5OS/c28-21(20-16-29-22(26-20)24-14-18-7-4-10-23-13-18)25-19-8-11-27(12-9-19)15-17-5-2-1-3-6-17/h1-7,10,13,16,19H,8-9,11-12,14-15H2,(H,24,26)(H,25,28). The molecule has 0 spiro atoms. The Balaban J connectivity index is 1.22. The molecular formula is C22H25N5OS. The maximum atomic E-state index is 12.6. The third kappa shape index (κ3) is 5.62. The molecule has 3 aromatic rings. The average molecular weight is 408 g/mol. The van der Waals surface area contributed by atoms with E-state index in [4.69, 9.17) is 0 Å². The predicted octanol–water partition coefficient (Wildman–Crippen LogP) is 3.54. The molecule has 6 nitrogen and oxygen atoms in total. The maximum Gasteiger partial charge on any atom is 0.271 e. The third-order valence-electron chi connectivity index (χ3n) is 5.08. The molecule has 1 aromatic carbocycles. The number of nitrogens with zero attached hydrogens (tertiary/aromatic N) is 3. The maximum absolute atomic E-state index is 12.6.